The van der Waals surface area contributed by atoms with Crippen LogP contribution in [-0.2, 0) is 9.31 Å². The van der Waals surface area contributed by atoms with Crippen LogP contribution >= 0.6 is 0 Å². The lowest BCUT2D eigenvalue weighted by Crippen LogP contribution is -2.41. The molecule has 0 aromatic carbocycles. The van der Waals surface area contributed by atoms with Gasteiger partial charge in [-0.2, -0.15) is 0 Å². The summed E-state index contributed by atoms with van der Waals surface area (Å²) in [5, 5.41) is 0. The average Bonchev–Trinajstić information content (AvgIpc) is 3.07. The van der Waals surface area contributed by atoms with Gasteiger partial charge in [-0.25, -0.2) is 9.37 Å². The molecule has 3 rings (SSSR count). The predicted octanol–water partition coefficient (Wildman–Crippen LogP) is 3.17. The fourth-order valence-corrected chi connectivity index (χ4v) is 2.36. The zero-order valence-corrected chi connectivity index (χ0v) is 13.6. The topological polar surface area (TPSA) is 60.0 Å². The van der Waals surface area contributed by atoms with Crippen LogP contribution in [0.5, 0.6) is 0 Å². The molecule has 3 heterocycles. The second-order valence-electron chi connectivity index (χ2n) is 6.49. The number of hydrogen-bond donors (Lipinski definition) is 1. The second-order valence-corrected chi connectivity index (χ2v) is 6.49. The maximum Gasteiger partial charge on any atom is 0.526 e. The van der Waals surface area contributed by atoms with Gasteiger partial charge in [0.25, 0.3) is 0 Å². The Bertz CT molecular complexity index is 698. The Hall–Kier alpha value is -1.99. The van der Waals surface area contributed by atoms with Crippen LogP contribution in [0.15, 0.2) is 42.6 Å². The van der Waals surface area contributed by atoms with Crippen molar-refractivity contribution in [1.29, 1.82) is 0 Å². The van der Waals surface area contributed by atoms with E-state index < -0.39 is 24.0 Å². The van der Waals surface area contributed by atoms with Crippen LogP contribution in [0.25, 0.3) is 5.57 Å². The van der Waals surface area contributed by atoms with E-state index in [4.69, 9.17) is 9.31 Å². The molecule has 0 aliphatic carbocycles. The molecule has 5 nitrogen and oxygen atoms in total. The summed E-state index contributed by atoms with van der Waals surface area (Å²) in [6.45, 7) is 7.54. The largest absolute Gasteiger partial charge is 0.526 e. The van der Waals surface area contributed by atoms with Gasteiger partial charge in [0.15, 0.2) is 0 Å². The summed E-state index contributed by atoms with van der Waals surface area (Å²) in [6, 6.07) is 3.52. The molecular weight excluding hydrogens is 296 g/mol. The highest BCUT2D eigenvalue weighted by Gasteiger charge is 2.53. The first-order chi connectivity index (χ1) is 10.8. The summed E-state index contributed by atoms with van der Waals surface area (Å²) in [7, 11) is -1.08. The van der Waals surface area contributed by atoms with E-state index in [0.29, 0.717) is 17.0 Å². The summed E-state index contributed by atoms with van der Waals surface area (Å²) in [5.41, 5.74) is -0.848. The number of pyridine rings is 1. The van der Waals surface area contributed by atoms with E-state index in [2.05, 4.69) is 15.0 Å². The van der Waals surface area contributed by atoms with E-state index in [0.717, 1.165) is 0 Å². The summed E-state index contributed by atoms with van der Waals surface area (Å²) in [5.74, 6) is 0.408. The number of imidazole rings is 1. The minimum atomic E-state index is -1.08. The monoisotopic (exact) mass is 315 g/mol. The molecule has 0 saturated carbocycles. The van der Waals surface area contributed by atoms with Crippen LogP contribution in [-0.4, -0.2) is 33.3 Å². The van der Waals surface area contributed by atoms with Gasteiger partial charge in [0.1, 0.15) is 11.6 Å². The number of aromatic amines is 1. The van der Waals surface area contributed by atoms with E-state index >= 15 is 4.39 Å². The van der Waals surface area contributed by atoms with Gasteiger partial charge >= 0.3 is 7.12 Å². The first-order valence-corrected chi connectivity index (χ1v) is 7.47. The minimum absolute atomic E-state index is 0.293. The van der Waals surface area contributed by atoms with Crippen LogP contribution in [0.2, 0.25) is 0 Å². The Kier molecular flexibility index (Phi) is 3.86. The van der Waals surface area contributed by atoms with E-state index in [1.54, 1.807) is 36.9 Å². The SMILES string of the molecule is CC1(C)OB(C(F)=C(c2cccnc2)c2ncc[nH]2)OC1(C)C. The van der Waals surface area contributed by atoms with Crippen molar-refractivity contribution in [2.24, 2.45) is 0 Å². The van der Waals surface area contributed by atoms with Crippen molar-refractivity contribution in [2.45, 2.75) is 38.9 Å². The van der Waals surface area contributed by atoms with Crippen molar-refractivity contribution in [2.75, 3.05) is 0 Å². The van der Waals surface area contributed by atoms with Crippen LogP contribution < -0.4 is 0 Å². The predicted molar refractivity (Wildman–Crippen MR) is 86.0 cm³/mol. The van der Waals surface area contributed by atoms with Crippen molar-refractivity contribution in [3.63, 3.8) is 0 Å². The third kappa shape index (κ3) is 2.82. The molecule has 0 amide bonds. The molecule has 0 unspecified atom stereocenters. The molecule has 7 heteroatoms. The standard InChI is InChI=1S/C16H19BFN3O2/c1-15(2)16(3,4)23-17(22-15)13(18)12(14-20-8-9-21-14)11-6-5-7-19-10-11/h5-10H,1-4H3,(H,20,21). The number of H-pyrrole nitrogens is 1. The summed E-state index contributed by atoms with van der Waals surface area (Å²) >= 11 is 0. The van der Waals surface area contributed by atoms with Gasteiger partial charge in [-0.15, -0.1) is 0 Å². The Morgan fingerprint density at radius 3 is 2.39 bits per heavy atom. The quantitative estimate of drug-likeness (QED) is 0.884. The van der Waals surface area contributed by atoms with Crippen LogP contribution in [0, 0.1) is 0 Å². The number of aromatic nitrogens is 3. The molecule has 2 aromatic heterocycles. The van der Waals surface area contributed by atoms with Crippen molar-refractivity contribution < 1.29 is 13.7 Å². The fourth-order valence-electron chi connectivity index (χ4n) is 2.36. The lowest BCUT2D eigenvalue weighted by molar-refractivity contribution is 0.00578. The van der Waals surface area contributed by atoms with Gasteiger partial charge in [0.05, 0.1) is 16.8 Å². The van der Waals surface area contributed by atoms with Gasteiger partial charge in [-0.05, 0) is 33.8 Å². The Morgan fingerprint density at radius 1 is 1.17 bits per heavy atom. The van der Waals surface area contributed by atoms with Gasteiger partial charge in [0.2, 0.25) is 0 Å². The van der Waals surface area contributed by atoms with Crippen LogP contribution in [0.1, 0.15) is 39.1 Å². The van der Waals surface area contributed by atoms with Crippen molar-refractivity contribution in [3.8, 4) is 0 Å². The molecule has 2 aromatic rings. The highest BCUT2D eigenvalue weighted by Crippen LogP contribution is 2.40. The lowest BCUT2D eigenvalue weighted by Gasteiger charge is -2.32. The van der Waals surface area contributed by atoms with Gasteiger partial charge < -0.3 is 14.3 Å². The van der Waals surface area contributed by atoms with E-state index in [9.17, 15) is 0 Å². The number of halogens is 1. The molecular formula is C16H19BFN3O2. The molecule has 120 valence electrons. The van der Waals surface area contributed by atoms with E-state index in [1.807, 2.05) is 27.7 Å². The zero-order chi connectivity index (χ0) is 16.7. The molecule has 1 fully saturated rings. The highest BCUT2D eigenvalue weighted by molar-refractivity contribution is 6.55. The first-order valence-electron chi connectivity index (χ1n) is 7.47. The Morgan fingerprint density at radius 2 is 1.87 bits per heavy atom. The third-order valence-electron chi connectivity index (χ3n) is 4.38. The normalized spacial score (nSPS) is 20.5. The number of rotatable bonds is 3. The zero-order valence-electron chi connectivity index (χ0n) is 13.6. The molecule has 0 radical (unpaired) electrons. The van der Waals surface area contributed by atoms with Gasteiger partial charge in [0, 0.05) is 30.4 Å². The number of hydrogen-bond acceptors (Lipinski definition) is 4. The second kappa shape index (κ2) is 5.58. The molecule has 0 bridgehead atoms. The molecule has 0 atom stereocenters. The molecule has 1 aliphatic heterocycles. The first kappa shape index (κ1) is 15.9. The summed E-state index contributed by atoms with van der Waals surface area (Å²) in [6.07, 6.45) is 6.44. The van der Waals surface area contributed by atoms with Gasteiger partial charge in [-0.1, -0.05) is 6.07 Å². The molecule has 1 N–H and O–H groups in total. The maximum atomic E-state index is 15.2. The van der Waals surface area contributed by atoms with Crippen molar-refractivity contribution in [1.82, 2.24) is 15.0 Å². The maximum absolute atomic E-state index is 15.2. The van der Waals surface area contributed by atoms with Gasteiger partial charge in [-0.3, -0.25) is 4.98 Å². The molecule has 23 heavy (non-hydrogen) atoms. The molecule has 1 aliphatic rings. The van der Waals surface area contributed by atoms with E-state index in [1.165, 1.54) is 0 Å². The number of nitrogens with zero attached hydrogens (tertiary/aromatic N) is 2. The minimum Gasteiger partial charge on any atom is -0.398 e. The summed E-state index contributed by atoms with van der Waals surface area (Å²) < 4.78 is 26.9. The molecule has 1 saturated heterocycles. The fraction of sp³-hybridized carbons (Fsp3) is 0.375. The smallest absolute Gasteiger partial charge is 0.398 e. The summed E-state index contributed by atoms with van der Waals surface area (Å²) in [4.78, 5) is 11.2. The Balaban J connectivity index is 2.08. The van der Waals surface area contributed by atoms with E-state index in [-0.39, 0.29) is 0 Å². The Labute approximate surface area is 135 Å². The van der Waals surface area contributed by atoms with Crippen molar-refractivity contribution in [3.05, 3.63) is 54.0 Å². The number of nitrogens with one attached hydrogen (secondary N) is 1. The molecule has 0 spiro atoms. The highest BCUT2D eigenvalue weighted by atomic mass is 19.1. The van der Waals surface area contributed by atoms with Crippen LogP contribution in [0.4, 0.5) is 4.39 Å². The third-order valence-corrected chi connectivity index (χ3v) is 4.38. The average molecular weight is 315 g/mol. The van der Waals surface area contributed by atoms with Crippen LogP contribution in [0.3, 0.4) is 0 Å². The lowest BCUT2D eigenvalue weighted by atomic mass is 9.82. The van der Waals surface area contributed by atoms with Crippen molar-refractivity contribution >= 4 is 12.7 Å².